The molecule has 0 radical (unpaired) electrons. The lowest BCUT2D eigenvalue weighted by atomic mass is 10.2. The summed E-state index contributed by atoms with van der Waals surface area (Å²) in [5, 5.41) is 12.7. The molecule has 0 atom stereocenters. The summed E-state index contributed by atoms with van der Waals surface area (Å²) in [7, 11) is 0. The molecule has 1 heterocycles. The van der Waals surface area contributed by atoms with Crippen LogP contribution < -0.4 is 0 Å². The predicted molar refractivity (Wildman–Crippen MR) is 68.2 cm³/mol. The van der Waals surface area contributed by atoms with Gasteiger partial charge in [0.25, 0.3) is 0 Å². The van der Waals surface area contributed by atoms with Crippen LogP contribution in [-0.4, -0.2) is 10.9 Å². The van der Waals surface area contributed by atoms with E-state index in [0.29, 0.717) is 27.3 Å². The minimum atomic E-state index is 0.413. The van der Waals surface area contributed by atoms with Gasteiger partial charge in [0.15, 0.2) is 5.76 Å². The molecule has 88 valence electrons. The summed E-state index contributed by atoms with van der Waals surface area (Å²) >= 11 is 11.8. The van der Waals surface area contributed by atoms with E-state index in [2.05, 4.69) is 5.16 Å². The molecule has 0 unspecified atom stereocenters. The Kier molecular flexibility index (Phi) is 3.41. The van der Waals surface area contributed by atoms with E-state index in [-0.39, 0.29) is 0 Å². The summed E-state index contributed by atoms with van der Waals surface area (Å²) in [4.78, 5) is 0. The predicted octanol–water partition coefficient (Wildman–Crippen LogP) is 4.45. The molecule has 0 aliphatic carbocycles. The first kappa shape index (κ1) is 12.0. The van der Waals surface area contributed by atoms with Gasteiger partial charge in [-0.3, -0.25) is 0 Å². The van der Waals surface area contributed by atoms with Crippen LogP contribution in [0.4, 0.5) is 0 Å². The van der Waals surface area contributed by atoms with E-state index >= 15 is 0 Å². The highest BCUT2D eigenvalue weighted by Gasteiger charge is 2.08. The van der Waals surface area contributed by atoms with Gasteiger partial charge in [0.1, 0.15) is 11.5 Å². The monoisotopic (exact) mass is 269 g/mol. The van der Waals surface area contributed by atoms with Crippen LogP contribution in [0.15, 0.2) is 39.9 Å². The molecule has 0 aliphatic heterocycles. The van der Waals surface area contributed by atoms with Gasteiger partial charge >= 0.3 is 0 Å². The Morgan fingerprint density at radius 3 is 2.59 bits per heavy atom. The lowest BCUT2D eigenvalue weighted by molar-refractivity contribution is 0.317. The molecule has 0 bridgehead atoms. The second-order valence-corrected chi connectivity index (χ2v) is 4.29. The lowest BCUT2D eigenvalue weighted by Crippen LogP contribution is -1.89. The van der Waals surface area contributed by atoms with Crippen LogP contribution in [-0.2, 0) is 0 Å². The Bertz CT molecular complexity index is 576. The number of benzene rings is 1. The van der Waals surface area contributed by atoms with Crippen molar-refractivity contribution in [1.29, 1.82) is 0 Å². The fraction of sp³-hybridized carbons (Fsp3) is 0.0833. The minimum absolute atomic E-state index is 0.413. The fourth-order valence-electron chi connectivity index (χ4n) is 1.39. The highest BCUT2D eigenvalue weighted by molar-refractivity contribution is 6.42. The van der Waals surface area contributed by atoms with Gasteiger partial charge in [0.05, 0.1) is 10.0 Å². The van der Waals surface area contributed by atoms with E-state index in [9.17, 15) is 0 Å². The van der Waals surface area contributed by atoms with Crippen LogP contribution in [0.25, 0.3) is 11.3 Å². The van der Waals surface area contributed by atoms with Gasteiger partial charge in [-0.1, -0.05) is 28.4 Å². The normalized spacial score (nSPS) is 11.8. The molecule has 0 saturated carbocycles. The molecule has 0 fully saturated rings. The first-order chi connectivity index (χ1) is 8.11. The van der Waals surface area contributed by atoms with Gasteiger partial charge in [-0.2, -0.15) is 0 Å². The molecule has 1 aromatic heterocycles. The third-order valence-corrected chi connectivity index (χ3v) is 3.06. The molecule has 0 amide bonds. The first-order valence-electron chi connectivity index (χ1n) is 4.86. The molecule has 0 spiro atoms. The molecule has 3 nitrogen and oxygen atoms in total. The summed E-state index contributed by atoms with van der Waals surface area (Å²) in [6.45, 7) is 1.65. The second-order valence-electron chi connectivity index (χ2n) is 3.48. The maximum absolute atomic E-state index is 8.64. The van der Waals surface area contributed by atoms with Crippen molar-refractivity contribution in [2.45, 2.75) is 6.92 Å². The molecule has 0 saturated heterocycles. The third-order valence-electron chi connectivity index (χ3n) is 2.32. The van der Waals surface area contributed by atoms with Crippen molar-refractivity contribution in [2.24, 2.45) is 5.16 Å². The van der Waals surface area contributed by atoms with Crippen molar-refractivity contribution in [2.75, 3.05) is 0 Å². The number of furan rings is 1. The number of halogens is 2. The molecule has 1 aromatic carbocycles. The number of hydrogen-bond acceptors (Lipinski definition) is 3. The summed E-state index contributed by atoms with van der Waals surface area (Å²) in [6, 6.07) is 8.74. The number of oxime groups is 1. The van der Waals surface area contributed by atoms with Crippen LogP contribution >= 0.6 is 23.2 Å². The van der Waals surface area contributed by atoms with Gasteiger partial charge in [-0.25, -0.2) is 0 Å². The maximum Gasteiger partial charge on any atom is 0.152 e. The molecule has 2 rings (SSSR count). The zero-order valence-corrected chi connectivity index (χ0v) is 10.5. The van der Waals surface area contributed by atoms with Crippen molar-refractivity contribution >= 4 is 28.9 Å². The van der Waals surface area contributed by atoms with E-state index < -0.39 is 0 Å². The van der Waals surface area contributed by atoms with Crippen LogP contribution in [0.5, 0.6) is 0 Å². The molecule has 2 aromatic rings. The van der Waals surface area contributed by atoms with E-state index in [4.69, 9.17) is 32.8 Å². The van der Waals surface area contributed by atoms with Gasteiger partial charge < -0.3 is 9.62 Å². The van der Waals surface area contributed by atoms with Gasteiger partial charge in [0.2, 0.25) is 0 Å². The zero-order chi connectivity index (χ0) is 12.4. The van der Waals surface area contributed by atoms with Crippen molar-refractivity contribution in [1.82, 2.24) is 0 Å². The number of rotatable bonds is 2. The fourth-order valence-corrected chi connectivity index (χ4v) is 1.68. The Labute approximate surface area is 108 Å². The second kappa shape index (κ2) is 4.82. The third kappa shape index (κ3) is 2.46. The summed E-state index contributed by atoms with van der Waals surface area (Å²) in [5.74, 6) is 1.15. The average Bonchev–Trinajstić information content (AvgIpc) is 2.81. The van der Waals surface area contributed by atoms with Crippen LogP contribution in [0.3, 0.4) is 0 Å². The Morgan fingerprint density at radius 1 is 1.18 bits per heavy atom. The smallest absolute Gasteiger partial charge is 0.152 e. The van der Waals surface area contributed by atoms with Crippen molar-refractivity contribution in [3.63, 3.8) is 0 Å². The summed E-state index contributed by atoms with van der Waals surface area (Å²) < 4.78 is 5.52. The van der Waals surface area contributed by atoms with Crippen molar-refractivity contribution in [3.05, 3.63) is 46.1 Å². The Morgan fingerprint density at radius 2 is 1.94 bits per heavy atom. The molecule has 1 N–H and O–H groups in total. The maximum atomic E-state index is 8.64. The van der Waals surface area contributed by atoms with Crippen LogP contribution in [0.2, 0.25) is 10.0 Å². The highest BCUT2D eigenvalue weighted by atomic mass is 35.5. The van der Waals surface area contributed by atoms with Gasteiger partial charge in [-0.15, -0.1) is 0 Å². The van der Waals surface area contributed by atoms with Gasteiger partial charge in [-0.05, 0) is 37.3 Å². The lowest BCUT2D eigenvalue weighted by Gasteiger charge is -1.99. The molecule has 17 heavy (non-hydrogen) atoms. The van der Waals surface area contributed by atoms with Gasteiger partial charge in [0, 0.05) is 5.56 Å². The topological polar surface area (TPSA) is 45.7 Å². The Balaban J connectivity index is 2.40. The average molecular weight is 270 g/mol. The van der Waals surface area contributed by atoms with E-state index in [1.54, 1.807) is 31.2 Å². The molecular formula is C12H9Cl2NO2. The Hall–Kier alpha value is -1.45. The summed E-state index contributed by atoms with van der Waals surface area (Å²) in [5.41, 5.74) is 1.23. The van der Waals surface area contributed by atoms with Crippen LogP contribution in [0, 0.1) is 0 Å². The first-order valence-corrected chi connectivity index (χ1v) is 5.61. The number of nitrogens with zero attached hydrogens (tertiary/aromatic N) is 1. The van der Waals surface area contributed by atoms with Crippen molar-refractivity contribution in [3.8, 4) is 11.3 Å². The van der Waals surface area contributed by atoms with Crippen LogP contribution in [0.1, 0.15) is 12.7 Å². The standard InChI is InChI=1S/C12H9Cl2NO2/c1-7(15-16)11-4-5-12(17-11)8-2-3-9(13)10(14)6-8/h2-6,16H,1H3/b15-7+. The minimum Gasteiger partial charge on any atom is -0.455 e. The van der Waals surface area contributed by atoms with E-state index in [0.717, 1.165) is 5.56 Å². The van der Waals surface area contributed by atoms with Crippen molar-refractivity contribution < 1.29 is 9.62 Å². The quantitative estimate of drug-likeness (QED) is 0.497. The largest absolute Gasteiger partial charge is 0.455 e. The zero-order valence-electron chi connectivity index (χ0n) is 8.95. The molecule has 5 heteroatoms. The molecule has 0 aliphatic rings. The van der Waals surface area contributed by atoms with E-state index in [1.165, 1.54) is 0 Å². The van der Waals surface area contributed by atoms with E-state index in [1.807, 2.05) is 6.07 Å². The molecular weight excluding hydrogens is 261 g/mol. The number of hydrogen-bond donors (Lipinski definition) is 1. The highest BCUT2D eigenvalue weighted by Crippen LogP contribution is 2.29. The SMILES string of the molecule is C/C(=N\O)c1ccc(-c2ccc(Cl)c(Cl)c2)o1. The summed E-state index contributed by atoms with van der Waals surface area (Å²) in [6.07, 6.45) is 0.